The van der Waals surface area contributed by atoms with Crippen LogP contribution in [0.15, 0.2) is 35.3 Å². The molecule has 1 N–H and O–H groups in total. The van der Waals surface area contributed by atoms with Crippen molar-refractivity contribution in [2.45, 2.75) is 32.5 Å². The van der Waals surface area contributed by atoms with Crippen LogP contribution in [0.2, 0.25) is 0 Å². The molecule has 5 nitrogen and oxygen atoms in total. The van der Waals surface area contributed by atoms with Gasteiger partial charge in [-0.3, -0.25) is 4.90 Å². The van der Waals surface area contributed by atoms with Gasteiger partial charge in [-0.05, 0) is 31.0 Å². The lowest BCUT2D eigenvalue weighted by atomic mass is 10.1. The van der Waals surface area contributed by atoms with Crippen LogP contribution in [0.25, 0.3) is 0 Å². The molecule has 6 heteroatoms. The third kappa shape index (κ3) is 4.62. The molecular formula is C20H29FN4O. The van der Waals surface area contributed by atoms with E-state index in [2.05, 4.69) is 34.2 Å². The Morgan fingerprint density at radius 3 is 2.88 bits per heavy atom. The molecule has 1 aromatic carbocycles. The van der Waals surface area contributed by atoms with E-state index in [1.54, 1.807) is 13.2 Å². The third-order valence-corrected chi connectivity index (χ3v) is 4.98. The quantitative estimate of drug-likeness (QED) is 0.480. The van der Waals surface area contributed by atoms with E-state index in [1.165, 1.54) is 12.5 Å². The molecule has 2 heterocycles. The summed E-state index contributed by atoms with van der Waals surface area (Å²) in [5, 5.41) is 3.40. The minimum atomic E-state index is -0.229. The molecule has 0 spiro atoms. The average molecular weight is 360 g/mol. The maximum absolute atomic E-state index is 13.8. The molecule has 1 aromatic rings. The Kier molecular flexibility index (Phi) is 6.63. The molecule has 1 atom stereocenters. The lowest BCUT2D eigenvalue weighted by molar-refractivity contribution is 0.181. The first-order valence-corrected chi connectivity index (χ1v) is 9.39. The molecule has 0 aliphatic carbocycles. The number of ether oxygens (including phenoxy) is 1. The minimum absolute atomic E-state index is 0.229. The Balaban J connectivity index is 1.65. The van der Waals surface area contributed by atoms with Crippen LogP contribution in [0, 0.1) is 5.82 Å². The van der Waals surface area contributed by atoms with Crippen molar-refractivity contribution in [1.82, 2.24) is 15.1 Å². The molecule has 1 fully saturated rings. The number of benzene rings is 1. The highest BCUT2D eigenvalue weighted by atomic mass is 19.1. The Bertz CT molecular complexity index is 653. The second-order valence-electron chi connectivity index (χ2n) is 6.84. The monoisotopic (exact) mass is 360 g/mol. The minimum Gasteiger partial charge on any atom is -0.380 e. The first-order chi connectivity index (χ1) is 12.7. The first kappa shape index (κ1) is 18.9. The van der Waals surface area contributed by atoms with Crippen LogP contribution in [0.5, 0.6) is 0 Å². The van der Waals surface area contributed by atoms with Crippen LogP contribution >= 0.6 is 0 Å². The number of nitrogens with zero attached hydrogens (tertiary/aromatic N) is 3. The lowest BCUT2D eigenvalue weighted by Gasteiger charge is -2.25. The number of guanidine groups is 1. The molecule has 1 unspecified atom stereocenters. The van der Waals surface area contributed by atoms with Gasteiger partial charge in [0.15, 0.2) is 5.96 Å². The van der Waals surface area contributed by atoms with E-state index in [1.807, 2.05) is 6.07 Å². The second kappa shape index (κ2) is 9.14. The van der Waals surface area contributed by atoms with Crippen molar-refractivity contribution in [3.63, 3.8) is 0 Å². The van der Waals surface area contributed by atoms with Gasteiger partial charge in [-0.1, -0.05) is 18.2 Å². The number of nitrogens with one attached hydrogen (secondary N) is 1. The Morgan fingerprint density at radius 1 is 1.35 bits per heavy atom. The van der Waals surface area contributed by atoms with Crippen molar-refractivity contribution in [1.29, 1.82) is 0 Å². The van der Waals surface area contributed by atoms with Crippen LogP contribution in [0.1, 0.15) is 24.5 Å². The van der Waals surface area contributed by atoms with Gasteiger partial charge in [0.25, 0.3) is 0 Å². The number of methoxy groups -OCH3 is 1. The van der Waals surface area contributed by atoms with Crippen molar-refractivity contribution in [3.05, 3.63) is 47.3 Å². The van der Waals surface area contributed by atoms with Gasteiger partial charge in [-0.25, -0.2) is 9.38 Å². The van der Waals surface area contributed by atoms with E-state index in [4.69, 9.17) is 9.73 Å². The highest BCUT2D eigenvalue weighted by Gasteiger charge is 2.29. The molecule has 1 saturated heterocycles. The zero-order valence-corrected chi connectivity index (χ0v) is 15.7. The van der Waals surface area contributed by atoms with Crippen molar-refractivity contribution in [3.8, 4) is 0 Å². The number of rotatable bonds is 6. The number of halogens is 1. The molecule has 0 radical (unpaired) electrons. The number of hydrogen-bond acceptors (Lipinski definition) is 3. The summed E-state index contributed by atoms with van der Waals surface area (Å²) >= 11 is 0. The van der Waals surface area contributed by atoms with Crippen LogP contribution in [-0.2, 0) is 17.9 Å². The SMILES string of the molecule is CCNC(=NCc1ccc(F)c(COC)c1)N1CCC(N2CC=CC2)C1. The first-order valence-electron chi connectivity index (χ1n) is 9.39. The van der Waals surface area contributed by atoms with E-state index in [-0.39, 0.29) is 12.4 Å². The van der Waals surface area contributed by atoms with E-state index in [0.717, 1.165) is 44.2 Å². The van der Waals surface area contributed by atoms with Gasteiger partial charge in [-0.2, -0.15) is 0 Å². The molecule has 2 aliphatic rings. The molecule has 0 saturated carbocycles. The molecular weight excluding hydrogens is 331 g/mol. The molecule has 3 rings (SSSR count). The van der Waals surface area contributed by atoms with Gasteiger partial charge in [0.2, 0.25) is 0 Å². The van der Waals surface area contributed by atoms with Gasteiger partial charge < -0.3 is 15.0 Å². The number of aliphatic imine (C=N–C) groups is 1. The normalized spacial score (nSPS) is 21.0. The van der Waals surface area contributed by atoms with Crippen molar-refractivity contribution in [2.24, 2.45) is 4.99 Å². The molecule has 142 valence electrons. The summed E-state index contributed by atoms with van der Waals surface area (Å²) in [6.45, 7) is 7.88. The highest BCUT2D eigenvalue weighted by molar-refractivity contribution is 5.80. The van der Waals surface area contributed by atoms with Gasteiger partial charge in [-0.15, -0.1) is 0 Å². The fourth-order valence-corrected chi connectivity index (χ4v) is 3.61. The largest absolute Gasteiger partial charge is 0.380 e. The highest BCUT2D eigenvalue weighted by Crippen LogP contribution is 2.18. The molecule has 0 aromatic heterocycles. The summed E-state index contributed by atoms with van der Waals surface area (Å²) in [5.74, 6) is 0.716. The van der Waals surface area contributed by atoms with E-state index in [0.29, 0.717) is 18.2 Å². The zero-order valence-electron chi connectivity index (χ0n) is 15.7. The predicted molar refractivity (Wildman–Crippen MR) is 103 cm³/mol. The molecule has 2 aliphatic heterocycles. The zero-order chi connectivity index (χ0) is 18.4. The second-order valence-corrected chi connectivity index (χ2v) is 6.84. The van der Waals surface area contributed by atoms with E-state index >= 15 is 0 Å². The Hall–Kier alpha value is -1.92. The third-order valence-electron chi connectivity index (χ3n) is 4.98. The van der Waals surface area contributed by atoms with Crippen LogP contribution in [-0.4, -0.2) is 61.6 Å². The molecule has 0 bridgehead atoms. The van der Waals surface area contributed by atoms with Gasteiger partial charge in [0, 0.05) is 51.4 Å². The van der Waals surface area contributed by atoms with Gasteiger partial charge in [0.05, 0.1) is 13.2 Å². The Morgan fingerprint density at radius 2 is 2.15 bits per heavy atom. The summed E-state index contributed by atoms with van der Waals surface area (Å²) in [7, 11) is 1.58. The Labute approximate surface area is 155 Å². The molecule has 0 amide bonds. The fraction of sp³-hybridized carbons (Fsp3) is 0.550. The summed E-state index contributed by atoms with van der Waals surface area (Å²) in [5.41, 5.74) is 1.57. The summed E-state index contributed by atoms with van der Waals surface area (Å²) < 4.78 is 18.8. The standard InChI is InChI=1S/C20H29FN4O/c1-3-22-20(25-11-8-18(14-25)24-9-4-5-10-24)23-13-16-6-7-19(21)17(12-16)15-26-2/h4-7,12,18H,3,8-11,13-15H2,1-2H3,(H,22,23). The van der Waals surface area contributed by atoms with Crippen molar-refractivity contribution in [2.75, 3.05) is 39.8 Å². The maximum atomic E-state index is 13.8. The van der Waals surface area contributed by atoms with E-state index in [9.17, 15) is 4.39 Å². The predicted octanol–water partition coefficient (Wildman–Crippen LogP) is 2.38. The number of hydrogen-bond donors (Lipinski definition) is 1. The number of likely N-dealkylation sites (tertiary alicyclic amines) is 1. The maximum Gasteiger partial charge on any atom is 0.194 e. The fourth-order valence-electron chi connectivity index (χ4n) is 3.61. The summed E-state index contributed by atoms with van der Waals surface area (Å²) in [6.07, 6.45) is 5.66. The lowest BCUT2D eigenvalue weighted by Crippen LogP contribution is -2.42. The summed E-state index contributed by atoms with van der Waals surface area (Å²) in [4.78, 5) is 9.65. The smallest absolute Gasteiger partial charge is 0.194 e. The summed E-state index contributed by atoms with van der Waals surface area (Å²) in [6, 6.07) is 5.73. The van der Waals surface area contributed by atoms with E-state index < -0.39 is 0 Å². The van der Waals surface area contributed by atoms with Crippen LogP contribution in [0.4, 0.5) is 4.39 Å². The van der Waals surface area contributed by atoms with Crippen LogP contribution in [0.3, 0.4) is 0 Å². The van der Waals surface area contributed by atoms with Crippen LogP contribution < -0.4 is 5.32 Å². The topological polar surface area (TPSA) is 40.1 Å². The molecule has 26 heavy (non-hydrogen) atoms. The average Bonchev–Trinajstić information content (AvgIpc) is 3.32. The van der Waals surface area contributed by atoms with Gasteiger partial charge >= 0.3 is 0 Å². The van der Waals surface area contributed by atoms with Crippen molar-refractivity contribution < 1.29 is 9.13 Å². The van der Waals surface area contributed by atoms with Crippen molar-refractivity contribution >= 4 is 5.96 Å². The van der Waals surface area contributed by atoms with Gasteiger partial charge in [0.1, 0.15) is 5.82 Å².